The number of anilines is 1. The maximum Gasteiger partial charge on any atom is 0.322 e. The summed E-state index contributed by atoms with van der Waals surface area (Å²) in [6, 6.07) is 6.94. The van der Waals surface area contributed by atoms with Crippen LogP contribution in [-0.4, -0.2) is 36.9 Å². The van der Waals surface area contributed by atoms with E-state index in [1.807, 2.05) is 13.0 Å². The predicted molar refractivity (Wildman–Crippen MR) is 93.1 cm³/mol. The quantitative estimate of drug-likeness (QED) is 0.895. The summed E-state index contributed by atoms with van der Waals surface area (Å²) in [6.07, 6.45) is 2.60. The van der Waals surface area contributed by atoms with Gasteiger partial charge in [0.2, 0.25) is 0 Å². The second-order valence-electron chi connectivity index (χ2n) is 5.92. The maximum atomic E-state index is 12.8. The average Bonchev–Trinajstić information content (AvgIpc) is 3.30. The summed E-state index contributed by atoms with van der Waals surface area (Å²) >= 11 is 0. The number of rotatable bonds is 5. The van der Waals surface area contributed by atoms with E-state index in [4.69, 9.17) is 14.0 Å². The van der Waals surface area contributed by atoms with Crippen molar-refractivity contribution in [2.45, 2.75) is 32.2 Å². The molecule has 1 N–H and O–H groups in total. The minimum Gasteiger partial charge on any atom is -0.497 e. The van der Waals surface area contributed by atoms with Gasteiger partial charge in [0, 0.05) is 18.7 Å². The van der Waals surface area contributed by atoms with Crippen molar-refractivity contribution in [3.05, 3.63) is 35.7 Å². The molecule has 1 saturated heterocycles. The Hall–Kier alpha value is -2.70. The number of hydrogen-bond acceptors (Lipinski definition) is 5. The highest BCUT2D eigenvalue weighted by Gasteiger charge is 2.33. The Morgan fingerprint density at radius 3 is 2.88 bits per heavy atom. The summed E-state index contributed by atoms with van der Waals surface area (Å²) in [6.45, 7) is 2.70. The molecule has 1 aliphatic rings. The Morgan fingerprint density at radius 1 is 1.36 bits per heavy atom. The standard InChI is InChI=1S/C18H23N3O4/c1-4-12-10-17(25-20-12)15-6-5-9-21(15)18(22)19-14-11-13(23-2)7-8-16(14)24-3/h7-8,10-11,15H,4-6,9H2,1-3H3,(H,19,22). The first-order valence-electron chi connectivity index (χ1n) is 8.41. The summed E-state index contributed by atoms with van der Waals surface area (Å²) in [5.41, 5.74) is 1.47. The normalized spacial score (nSPS) is 16.8. The fourth-order valence-electron chi connectivity index (χ4n) is 3.06. The Bertz CT molecular complexity index is 744. The summed E-state index contributed by atoms with van der Waals surface area (Å²) in [4.78, 5) is 14.6. The second-order valence-corrected chi connectivity index (χ2v) is 5.92. The maximum absolute atomic E-state index is 12.8. The molecule has 2 amide bonds. The SMILES string of the molecule is CCc1cc(C2CCCN2C(=O)Nc2cc(OC)ccc2OC)on1. The van der Waals surface area contributed by atoms with Gasteiger partial charge in [0.15, 0.2) is 5.76 Å². The second kappa shape index (κ2) is 7.46. The van der Waals surface area contributed by atoms with Crippen LogP contribution >= 0.6 is 0 Å². The number of carbonyl (C=O) groups is 1. The van der Waals surface area contributed by atoms with E-state index in [2.05, 4.69) is 10.5 Å². The van der Waals surface area contributed by atoms with Crippen LogP contribution in [0, 0.1) is 0 Å². The van der Waals surface area contributed by atoms with E-state index in [0.717, 1.165) is 30.7 Å². The number of methoxy groups -OCH3 is 2. The Labute approximate surface area is 146 Å². The fraction of sp³-hybridized carbons (Fsp3) is 0.444. The molecule has 0 spiro atoms. The summed E-state index contributed by atoms with van der Waals surface area (Å²) < 4.78 is 16.0. The molecular formula is C18H23N3O4. The minimum absolute atomic E-state index is 0.0931. The predicted octanol–water partition coefficient (Wildman–Crippen LogP) is 3.62. The highest BCUT2D eigenvalue weighted by molar-refractivity contribution is 5.91. The van der Waals surface area contributed by atoms with E-state index in [0.29, 0.717) is 23.7 Å². The van der Waals surface area contributed by atoms with Gasteiger partial charge in [-0.1, -0.05) is 12.1 Å². The zero-order valence-electron chi connectivity index (χ0n) is 14.7. The fourth-order valence-corrected chi connectivity index (χ4v) is 3.06. The van der Waals surface area contributed by atoms with E-state index < -0.39 is 0 Å². The van der Waals surface area contributed by atoms with E-state index in [1.54, 1.807) is 37.3 Å². The van der Waals surface area contributed by atoms with Crippen molar-refractivity contribution < 1.29 is 18.8 Å². The van der Waals surface area contributed by atoms with Crippen molar-refractivity contribution >= 4 is 11.7 Å². The number of aryl methyl sites for hydroxylation is 1. The molecule has 0 saturated carbocycles. The molecule has 1 aromatic carbocycles. The summed E-state index contributed by atoms with van der Waals surface area (Å²) in [5.74, 6) is 1.97. The molecule has 3 rings (SSSR count). The van der Waals surface area contributed by atoms with Crippen LogP contribution in [0.15, 0.2) is 28.8 Å². The molecule has 25 heavy (non-hydrogen) atoms. The molecule has 2 aromatic rings. The van der Waals surface area contributed by atoms with Gasteiger partial charge < -0.3 is 24.2 Å². The molecule has 1 unspecified atom stereocenters. The number of amides is 2. The number of nitrogens with one attached hydrogen (secondary N) is 1. The summed E-state index contributed by atoms with van der Waals surface area (Å²) in [5, 5.41) is 6.96. The third kappa shape index (κ3) is 3.55. The van der Waals surface area contributed by atoms with Gasteiger partial charge in [-0.15, -0.1) is 0 Å². The number of likely N-dealkylation sites (tertiary alicyclic amines) is 1. The zero-order valence-corrected chi connectivity index (χ0v) is 14.7. The van der Waals surface area contributed by atoms with Crippen LogP contribution in [0.3, 0.4) is 0 Å². The molecule has 1 aromatic heterocycles. The van der Waals surface area contributed by atoms with Crippen LogP contribution in [-0.2, 0) is 6.42 Å². The Balaban J connectivity index is 1.78. The van der Waals surface area contributed by atoms with E-state index >= 15 is 0 Å². The highest BCUT2D eigenvalue weighted by Crippen LogP contribution is 2.34. The number of urea groups is 1. The number of aromatic nitrogens is 1. The molecule has 1 aliphatic heterocycles. The lowest BCUT2D eigenvalue weighted by Gasteiger charge is -2.23. The number of nitrogens with zero attached hydrogens (tertiary/aromatic N) is 2. The third-order valence-corrected chi connectivity index (χ3v) is 4.43. The molecule has 0 bridgehead atoms. The van der Waals surface area contributed by atoms with Gasteiger partial charge in [-0.3, -0.25) is 0 Å². The van der Waals surface area contributed by atoms with E-state index in [1.165, 1.54) is 0 Å². The Kier molecular flexibility index (Phi) is 5.11. The molecular weight excluding hydrogens is 322 g/mol. The molecule has 7 heteroatoms. The Morgan fingerprint density at radius 2 is 2.20 bits per heavy atom. The first kappa shape index (κ1) is 17.1. The van der Waals surface area contributed by atoms with Crippen LogP contribution in [0.4, 0.5) is 10.5 Å². The van der Waals surface area contributed by atoms with Crippen molar-refractivity contribution in [1.29, 1.82) is 0 Å². The van der Waals surface area contributed by atoms with Crippen LogP contribution in [0.5, 0.6) is 11.5 Å². The van der Waals surface area contributed by atoms with E-state index in [9.17, 15) is 4.79 Å². The largest absolute Gasteiger partial charge is 0.497 e. The number of hydrogen-bond donors (Lipinski definition) is 1. The smallest absolute Gasteiger partial charge is 0.322 e. The van der Waals surface area contributed by atoms with Crippen molar-refractivity contribution in [2.24, 2.45) is 0 Å². The molecule has 0 aliphatic carbocycles. The molecule has 1 fully saturated rings. The van der Waals surface area contributed by atoms with Gasteiger partial charge in [0.05, 0.1) is 31.6 Å². The molecule has 2 heterocycles. The van der Waals surface area contributed by atoms with Crippen LogP contribution in [0.2, 0.25) is 0 Å². The van der Waals surface area contributed by atoms with Gasteiger partial charge in [0.1, 0.15) is 11.5 Å². The first-order chi connectivity index (χ1) is 12.2. The van der Waals surface area contributed by atoms with Gasteiger partial charge in [-0.05, 0) is 31.4 Å². The number of benzene rings is 1. The van der Waals surface area contributed by atoms with Gasteiger partial charge in [-0.2, -0.15) is 0 Å². The van der Waals surface area contributed by atoms with Crippen LogP contribution < -0.4 is 14.8 Å². The van der Waals surface area contributed by atoms with Crippen molar-refractivity contribution in [1.82, 2.24) is 10.1 Å². The lowest BCUT2D eigenvalue weighted by atomic mass is 10.1. The number of carbonyl (C=O) groups excluding carboxylic acids is 1. The molecule has 0 radical (unpaired) electrons. The van der Waals surface area contributed by atoms with Crippen molar-refractivity contribution in [2.75, 3.05) is 26.1 Å². The topological polar surface area (TPSA) is 76.8 Å². The lowest BCUT2D eigenvalue weighted by Crippen LogP contribution is -2.34. The van der Waals surface area contributed by atoms with Crippen molar-refractivity contribution in [3.8, 4) is 11.5 Å². The van der Waals surface area contributed by atoms with Crippen LogP contribution in [0.1, 0.15) is 37.3 Å². The lowest BCUT2D eigenvalue weighted by molar-refractivity contribution is 0.195. The first-order valence-corrected chi connectivity index (χ1v) is 8.41. The molecule has 1 atom stereocenters. The van der Waals surface area contributed by atoms with Crippen LogP contribution in [0.25, 0.3) is 0 Å². The highest BCUT2D eigenvalue weighted by atomic mass is 16.5. The number of ether oxygens (including phenoxy) is 2. The monoisotopic (exact) mass is 345 g/mol. The molecule has 134 valence electrons. The summed E-state index contributed by atoms with van der Waals surface area (Å²) in [7, 11) is 3.15. The molecule has 7 nitrogen and oxygen atoms in total. The third-order valence-electron chi connectivity index (χ3n) is 4.43. The van der Waals surface area contributed by atoms with Gasteiger partial charge in [0.25, 0.3) is 0 Å². The van der Waals surface area contributed by atoms with Crippen molar-refractivity contribution in [3.63, 3.8) is 0 Å². The van der Waals surface area contributed by atoms with Gasteiger partial charge >= 0.3 is 6.03 Å². The van der Waals surface area contributed by atoms with Gasteiger partial charge in [-0.25, -0.2) is 4.79 Å². The zero-order chi connectivity index (χ0) is 17.8. The van der Waals surface area contributed by atoms with E-state index in [-0.39, 0.29) is 12.1 Å². The average molecular weight is 345 g/mol. The minimum atomic E-state index is -0.191.